The van der Waals surface area contributed by atoms with Gasteiger partial charge in [-0.2, -0.15) is 0 Å². The molecule has 21 heteroatoms. The van der Waals surface area contributed by atoms with Crippen LogP contribution in [0.4, 0.5) is 0 Å². The number of likely N-dealkylation sites (tertiary alicyclic amines) is 2. The molecular formula is C42H63N9O12. The Morgan fingerprint density at radius 1 is 0.683 bits per heavy atom. The van der Waals surface area contributed by atoms with Crippen molar-refractivity contribution in [2.24, 2.45) is 17.6 Å². The number of nitrogens with one attached hydrogen (secondary N) is 6. The Labute approximate surface area is 366 Å². The molecule has 1 aromatic rings. The van der Waals surface area contributed by atoms with E-state index in [4.69, 9.17) is 10.8 Å². The van der Waals surface area contributed by atoms with Crippen LogP contribution in [0.15, 0.2) is 30.3 Å². The van der Waals surface area contributed by atoms with Crippen LogP contribution in [-0.2, 0) is 54.4 Å². The number of hydrogen-bond donors (Lipinski definition) is 9. The van der Waals surface area contributed by atoms with Crippen molar-refractivity contribution in [2.45, 2.75) is 135 Å². The molecule has 3 rings (SSSR count). The average molecular weight is 886 g/mol. The van der Waals surface area contributed by atoms with Gasteiger partial charge in [0, 0.05) is 19.5 Å². The van der Waals surface area contributed by atoms with Crippen LogP contribution in [0.1, 0.15) is 85.6 Å². The van der Waals surface area contributed by atoms with Crippen LogP contribution in [0.3, 0.4) is 0 Å². The summed E-state index contributed by atoms with van der Waals surface area (Å²) in [7, 11) is 0. The zero-order valence-electron chi connectivity index (χ0n) is 36.7. The molecule has 2 aliphatic heterocycles. The fourth-order valence-electron chi connectivity index (χ4n) is 7.31. The maximum absolute atomic E-state index is 14.0. The van der Waals surface area contributed by atoms with Crippen molar-refractivity contribution in [3.05, 3.63) is 35.9 Å². The predicted molar refractivity (Wildman–Crippen MR) is 226 cm³/mol. The van der Waals surface area contributed by atoms with Crippen molar-refractivity contribution in [3.63, 3.8) is 0 Å². The number of carbonyl (C=O) groups excluding carboxylic acids is 8. The van der Waals surface area contributed by atoms with Crippen LogP contribution in [0.2, 0.25) is 0 Å². The summed E-state index contributed by atoms with van der Waals surface area (Å²) < 4.78 is 0. The summed E-state index contributed by atoms with van der Waals surface area (Å²) in [5.41, 5.74) is 6.58. The number of carbonyl (C=O) groups is 10. The topological polar surface area (TPSA) is 316 Å². The van der Waals surface area contributed by atoms with Gasteiger partial charge in [-0.3, -0.25) is 47.9 Å². The van der Waals surface area contributed by atoms with Crippen LogP contribution < -0.4 is 37.6 Å². The first-order valence-electron chi connectivity index (χ1n) is 21.2. The van der Waals surface area contributed by atoms with E-state index in [1.807, 2.05) is 13.8 Å². The lowest BCUT2D eigenvalue weighted by molar-refractivity contribution is -0.148. The van der Waals surface area contributed by atoms with Crippen molar-refractivity contribution in [1.82, 2.24) is 41.7 Å². The van der Waals surface area contributed by atoms with Gasteiger partial charge in [-0.25, -0.2) is 0 Å². The van der Waals surface area contributed by atoms with E-state index in [9.17, 15) is 53.1 Å². The molecule has 2 aliphatic rings. The predicted octanol–water partition coefficient (Wildman–Crippen LogP) is -1.62. The van der Waals surface area contributed by atoms with Crippen molar-refractivity contribution < 1.29 is 58.2 Å². The minimum Gasteiger partial charge on any atom is -0.481 e. The maximum Gasteiger partial charge on any atom is 0.325 e. The highest BCUT2D eigenvalue weighted by atomic mass is 16.4. The van der Waals surface area contributed by atoms with E-state index in [1.165, 1.54) is 23.6 Å². The van der Waals surface area contributed by atoms with E-state index >= 15 is 0 Å². The Hall–Kier alpha value is -6.12. The Kier molecular flexibility index (Phi) is 19.5. The summed E-state index contributed by atoms with van der Waals surface area (Å²) in [6.07, 6.45) is 0.675. The SMILES string of the molecule is CC(C)C[C@H](NC(=O)[C@@H](N)C(C)C)C(=O)N[C@@H](CC(=O)O)C(=O)N[C@@H](Cc1ccccc1)C(=O)N[C@@H](C)C(=O)N1CCC[C@H]1C(=O)N1CCC[C@H]1C(=O)NCC(=O)N[C@@H](C)C(=O)O. The fourth-order valence-corrected chi connectivity index (χ4v) is 7.31. The maximum atomic E-state index is 14.0. The van der Waals surface area contributed by atoms with Crippen LogP contribution in [0.25, 0.3) is 0 Å². The summed E-state index contributed by atoms with van der Waals surface area (Å²) in [5.74, 6) is -8.74. The molecule has 0 saturated carbocycles. The molecule has 8 amide bonds. The quantitative estimate of drug-likeness (QED) is 0.0634. The highest BCUT2D eigenvalue weighted by Gasteiger charge is 2.43. The highest BCUT2D eigenvalue weighted by molar-refractivity contribution is 5.98. The molecule has 2 heterocycles. The van der Waals surface area contributed by atoms with Gasteiger partial charge < -0.3 is 57.6 Å². The van der Waals surface area contributed by atoms with Gasteiger partial charge in [-0.1, -0.05) is 58.0 Å². The van der Waals surface area contributed by atoms with E-state index in [-0.39, 0.29) is 44.2 Å². The van der Waals surface area contributed by atoms with Gasteiger partial charge >= 0.3 is 11.9 Å². The lowest BCUT2D eigenvalue weighted by Gasteiger charge is -2.32. The summed E-state index contributed by atoms with van der Waals surface area (Å²) in [5, 5.41) is 33.6. The second kappa shape index (κ2) is 23.9. The molecule has 0 aromatic heterocycles. The van der Waals surface area contributed by atoms with Crippen molar-refractivity contribution in [2.75, 3.05) is 19.6 Å². The number of nitrogens with zero attached hydrogens (tertiary/aromatic N) is 2. The molecule has 0 aliphatic carbocycles. The van der Waals surface area contributed by atoms with Gasteiger partial charge in [0.05, 0.1) is 19.0 Å². The van der Waals surface area contributed by atoms with Crippen LogP contribution in [0, 0.1) is 11.8 Å². The standard InChI is InChI=1S/C42H63N9O12/c1-22(2)18-27(49-39(59)34(43)23(3)4)36(56)48-29(20-33(53)54)37(57)47-28(19-26-12-8-7-9-13-26)35(55)46-24(5)40(60)51-17-11-15-31(51)41(61)50-16-10-14-30(50)38(58)44-21-32(52)45-25(6)42(62)63/h7-9,12-13,22-25,27-31,34H,10-11,14-21,43H2,1-6H3,(H,44,58)(H,45,52)(H,46,55)(H,47,57)(H,48,56)(H,49,59)(H,53,54)(H,62,63)/t24-,25-,27-,28-,29-,30-,31-,34-/m0/s1. The number of aliphatic carboxylic acids is 2. The third-order valence-electron chi connectivity index (χ3n) is 10.8. The summed E-state index contributed by atoms with van der Waals surface area (Å²) >= 11 is 0. The first-order valence-corrected chi connectivity index (χ1v) is 21.2. The number of carboxylic acid groups (broad SMARTS) is 2. The average Bonchev–Trinajstić information content (AvgIpc) is 3.92. The Morgan fingerprint density at radius 2 is 1.24 bits per heavy atom. The lowest BCUT2D eigenvalue weighted by atomic mass is 10.00. The lowest BCUT2D eigenvalue weighted by Crippen LogP contribution is -2.60. The van der Waals surface area contributed by atoms with Crippen LogP contribution >= 0.6 is 0 Å². The molecule has 2 saturated heterocycles. The van der Waals surface area contributed by atoms with E-state index in [2.05, 4.69) is 31.9 Å². The van der Waals surface area contributed by atoms with E-state index < -0.39 is 120 Å². The zero-order valence-corrected chi connectivity index (χ0v) is 36.7. The largest absolute Gasteiger partial charge is 0.481 e. The molecule has 10 N–H and O–H groups in total. The highest BCUT2D eigenvalue weighted by Crippen LogP contribution is 2.26. The third-order valence-corrected chi connectivity index (χ3v) is 10.8. The van der Waals surface area contributed by atoms with Crippen molar-refractivity contribution >= 4 is 59.2 Å². The molecule has 2 fully saturated rings. The van der Waals surface area contributed by atoms with Crippen molar-refractivity contribution in [3.8, 4) is 0 Å². The summed E-state index contributed by atoms with van der Waals surface area (Å²) in [4.78, 5) is 133. The second-order valence-electron chi connectivity index (χ2n) is 16.8. The number of nitrogens with two attached hydrogens (primary N) is 1. The number of carboxylic acids is 2. The van der Waals surface area contributed by atoms with Gasteiger partial charge in [0.2, 0.25) is 47.3 Å². The Balaban J connectivity index is 1.75. The van der Waals surface area contributed by atoms with E-state index in [1.54, 1.807) is 44.2 Å². The van der Waals surface area contributed by atoms with E-state index in [0.29, 0.717) is 24.8 Å². The van der Waals surface area contributed by atoms with Gasteiger partial charge in [0.25, 0.3) is 0 Å². The first-order chi connectivity index (χ1) is 29.6. The number of benzene rings is 1. The van der Waals surface area contributed by atoms with Crippen molar-refractivity contribution in [1.29, 1.82) is 0 Å². The smallest absolute Gasteiger partial charge is 0.325 e. The second-order valence-corrected chi connectivity index (χ2v) is 16.8. The van der Waals surface area contributed by atoms with Crippen LogP contribution in [-0.4, -0.2) is 147 Å². The van der Waals surface area contributed by atoms with Crippen LogP contribution in [0.5, 0.6) is 0 Å². The number of rotatable bonds is 22. The van der Waals surface area contributed by atoms with Gasteiger partial charge in [0.15, 0.2) is 0 Å². The molecular weight excluding hydrogens is 823 g/mol. The Bertz CT molecular complexity index is 1840. The molecule has 21 nitrogen and oxygen atoms in total. The first kappa shape index (κ1) is 51.2. The zero-order chi connectivity index (χ0) is 47.1. The molecule has 0 spiro atoms. The van der Waals surface area contributed by atoms with Gasteiger partial charge in [0.1, 0.15) is 42.3 Å². The van der Waals surface area contributed by atoms with Gasteiger partial charge in [-0.05, 0) is 63.4 Å². The molecule has 63 heavy (non-hydrogen) atoms. The summed E-state index contributed by atoms with van der Waals surface area (Å²) in [6, 6.07) is -0.913. The molecule has 348 valence electrons. The monoisotopic (exact) mass is 885 g/mol. The molecule has 1 aromatic carbocycles. The number of amides is 8. The molecule has 0 radical (unpaired) electrons. The molecule has 8 atom stereocenters. The molecule has 0 unspecified atom stereocenters. The fraction of sp³-hybridized carbons (Fsp3) is 0.619. The summed E-state index contributed by atoms with van der Waals surface area (Å²) in [6.45, 7) is 9.64. The normalized spacial score (nSPS) is 18.9. The minimum absolute atomic E-state index is 0.102. The molecule has 0 bridgehead atoms. The van der Waals surface area contributed by atoms with Gasteiger partial charge in [-0.15, -0.1) is 0 Å². The number of hydrogen-bond acceptors (Lipinski definition) is 11. The van der Waals surface area contributed by atoms with E-state index in [0.717, 1.165) is 0 Å². The Morgan fingerprint density at radius 3 is 1.83 bits per heavy atom. The minimum atomic E-state index is -1.68. The third kappa shape index (κ3) is 15.3.